The van der Waals surface area contributed by atoms with Crippen molar-refractivity contribution in [1.82, 2.24) is 14.8 Å². The van der Waals surface area contributed by atoms with Crippen LogP contribution in [0.5, 0.6) is 5.75 Å². The maximum Gasteiger partial charge on any atom is 0.260 e. The van der Waals surface area contributed by atoms with E-state index in [9.17, 15) is 9.59 Å². The summed E-state index contributed by atoms with van der Waals surface area (Å²) in [5.74, 6) is 0.216. The number of benzene rings is 2. The van der Waals surface area contributed by atoms with Gasteiger partial charge in [-0.1, -0.05) is 37.6 Å². The summed E-state index contributed by atoms with van der Waals surface area (Å²) in [4.78, 5) is 34.1. The molecule has 1 aromatic heterocycles. The van der Waals surface area contributed by atoms with Crippen LogP contribution in [0.15, 0.2) is 54.9 Å². The number of amides is 2. The van der Waals surface area contributed by atoms with Crippen molar-refractivity contribution >= 4 is 34.7 Å². The number of hydrogen-bond acceptors (Lipinski definition) is 4. The van der Waals surface area contributed by atoms with Crippen LogP contribution in [0.3, 0.4) is 0 Å². The average Bonchev–Trinajstić information content (AvgIpc) is 3.42. The van der Waals surface area contributed by atoms with Crippen LogP contribution < -0.4 is 10.1 Å². The number of H-pyrrole nitrogens is 1. The van der Waals surface area contributed by atoms with Crippen LogP contribution in [0.4, 0.5) is 5.69 Å². The summed E-state index contributed by atoms with van der Waals surface area (Å²) in [7, 11) is 1.59. The van der Waals surface area contributed by atoms with Crippen molar-refractivity contribution in [2.24, 2.45) is 0 Å². The average molecular weight is 507 g/mol. The molecule has 4 rings (SSSR count). The molecule has 2 N–H and O–H groups in total. The van der Waals surface area contributed by atoms with E-state index >= 15 is 0 Å². The van der Waals surface area contributed by atoms with Crippen LogP contribution >= 0.6 is 11.6 Å². The number of carbonyl (C=O) groups is 2. The number of carbonyl (C=O) groups excluding carboxylic acids is 2. The molecular formula is C28H31ClN4O3. The van der Waals surface area contributed by atoms with E-state index in [-0.39, 0.29) is 11.8 Å². The Morgan fingerprint density at radius 3 is 2.44 bits per heavy atom. The van der Waals surface area contributed by atoms with Gasteiger partial charge in [-0.25, -0.2) is 0 Å². The third-order valence-electron chi connectivity index (χ3n) is 6.55. The summed E-state index contributed by atoms with van der Waals surface area (Å²) >= 11 is 6.08. The maximum atomic E-state index is 14.1. The molecule has 36 heavy (non-hydrogen) atoms. The summed E-state index contributed by atoms with van der Waals surface area (Å²) in [6.45, 7) is 8.91. The standard InChI is InChI=1S/C28H31ClN4O3/c1-5-32(6-2)13-14-33(17-24-22-15-21(36-4)11-12-25(22)31-27(24)34)28(35)26-18(3)30-16-23(26)19-7-9-20(29)10-8-19/h7-12,15-17,30H,5-6,13-14H2,1-4H3,(H,31,34)/b24-17-. The third-order valence-corrected chi connectivity index (χ3v) is 6.81. The molecule has 0 saturated carbocycles. The quantitative estimate of drug-likeness (QED) is 0.379. The fourth-order valence-corrected chi connectivity index (χ4v) is 4.52. The monoisotopic (exact) mass is 506 g/mol. The lowest BCUT2D eigenvalue weighted by Crippen LogP contribution is -2.36. The second-order valence-corrected chi connectivity index (χ2v) is 9.08. The highest BCUT2D eigenvalue weighted by molar-refractivity contribution is 6.32. The zero-order valence-electron chi connectivity index (χ0n) is 21.0. The summed E-state index contributed by atoms with van der Waals surface area (Å²) in [5, 5.41) is 3.52. The molecule has 0 fully saturated rings. The second kappa shape index (κ2) is 11.0. The molecule has 0 saturated heterocycles. The van der Waals surface area contributed by atoms with E-state index in [4.69, 9.17) is 16.3 Å². The van der Waals surface area contributed by atoms with E-state index in [1.165, 1.54) is 0 Å². The Bertz CT molecular complexity index is 1290. The Morgan fingerprint density at radius 2 is 1.78 bits per heavy atom. The van der Waals surface area contributed by atoms with Crippen molar-refractivity contribution in [1.29, 1.82) is 0 Å². The van der Waals surface area contributed by atoms with Gasteiger partial charge in [0.15, 0.2) is 0 Å². The predicted octanol–water partition coefficient (Wildman–Crippen LogP) is 5.43. The Labute approximate surface area is 216 Å². The molecule has 188 valence electrons. The molecule has 1 aliphatic rings. The molecular weight excluding hydrogens is 476 g/mol. The smallest absolute Gasteiger partial charge is 0.260 e. The van der Waals surface area contributed by atoms with Gasteiger partial charge in [-0.15, -0.1) is 0 Å². The van der Waals surface area contributed by atoms with Gasteiger partial charge in [0.1, 0.15) is 5.75 Å². The van der Waals surface area contributed by atoms with Gasteiger partial charge in [0.2, 0.25) is 0 Å². The largest absolute Gasteiger partial charge is 0.497 e. The predicted molar refractivity (Wildman–Crippen MR) is 144 cm³/mol. The number of hydrogen-bond donors (Lipinski definition) is 2. The minimum atomic E-state index is -0.248. The van der Waals surface area contributed by atoms with Crippen molar-refractivity contribution in [2.75, 3.05) is 38.6 Å². The lowest BCUT2D eigenvalue weighted by molar-refractivity contribution is -0.110. The van der Waals surface area contributed by atoms with E-state index in [2.05, 4.69) is 29.0 Å². The Balaban J connectivity index is 1.77. The first-order chi connectivity index (χ1) is 17.4. The number of nitrogens with zero attached hydrogens (tertiary/aromatic N) is 2. The number of aromatic nitrogens is 1. The summed E-state index contributed by atoms with van der Waals surface area (Å²) in [6, 6.07) is 12.8. The molecule has 2 aromatic carbocycles. The van der Waals surface area contributed by atoms with Crippen LogP contribution in [0, 0.1) is 6.92 Å². The first-order valence-corrected chi connectivity index (χ1v) is 12.4. The van der Waals surface area contributed by atoms with Gasteiger partial charge in [0.05, 0.1) is 18.2 Å². The first kappa shape index (κ1) is 25.5. The molecule has 0 atom stereocenters. The number of ether oxygens (including phenoxy) is 1. The first-order valence-electron chi connectivity index (χ1n) is 12.0. The molecule has 0 bridgehead atoms. The van der Waals surface area contributed by atoms with Gasteiger partial charge >= 0.3 is 0 Å². The van der Waals surface area contributed by atoms with Gasteiger partial charge in [0, 0.05) is 53.0 Å². The summed E-state index contributed by atoms with van der Waals surface area (Å²) in [6.07, 6.45) is 3.51. The minimum absolute atomic E-state index is 0.178. The van der Waals surface area contributed by atoms with E-state index < -0.39 is 0 Å². The van der Waals surface area contributed by atoms with Gasteiger partial charge in [-0.3, -0.25) is 9.59 Å². The number of methoxy groups -OCH3 is 1. The molecule has 1 aliphatic heterocycles. The van der Waals surface area contributed by atoms with Crippen LogP contribution in [0.1, 0.15) is 35.5 Å². The highest BCUT2D eigenvalue weighted by Crippen LogP contribution is 2.35. The zero-order valence-corrected chi connectivity index (χ0v) is 21.8. The topological polar surface area (TPSA) is 77.7 Å². The fraction of sp³-hybridized carbons (Fsp3) is 0.286. The Morgan fingerprint density at radius 1 is 1.06 bits per heavy atom. The zero-order chi connectivity index (χ0) is 25.8. The Kier molecular flexibility index (Phi) is 7.82. The van der Waals surface area contributed by atoms with Gasteiger partial charge < -0.3 is 24.8 Å². The molecule has 8 heteroatoms. The Hall–Kier alpha value is -3.55. The second-order valence-electron chi connectivity index (χ2n) is 8.64. The van der Waals surface area contributed by atoms with Crippen molar-refractivity contribution in [2.45, 2.75) is 20.8 Å². The molecule has 0 spiro atoms. The molecule has 0 unspecified atom stereocenters. The number of rotatable bonds is 9. The van der Waals surface area contributed by atoms with E-state index in [0.717, 1.165) is 29.9 Å². The lowest BCUT2D eigenvalue weighted by Gasteiger charge is -2.25. The van der Waals surface area contributed by atoms with Crippen LogP contribution in [0.25, 0.3) is 16.7 Å². The number of likely N-dealkylation sites (N-methyl/N-ethyl adjacent to an activating group) is 1. The van der Waals surface area contributed by atoms with Crippen molar-refractivity contribution in [3.63, 3.8) is 0 Å². The molecule has 0 radical (unpaired) electrons. The van der Waals surface area contributed by atoms with Gasteiger partial charge in [-0.2, -0.15) is 0 Å². The fourth-order valence-electron chi connectivity index (χ4n) is 4.39. The number of halogens is 1. The number of fused-ring (bicyclic) bond motifs is 1. The molecule has 2 heterocycles. The lowest BCUT2D eigenvalue weighted by atomic mass is 10.0. The third kappa shape index (κ3) is 5.17. The normalized spacial score (nSPS) is 13.7. The summed E-state index contributed by atoms with van der Waals surface area (Å²) in [5.41, 5.74) is 4.84. The van der Waals surface area contributed by atoms with Crippen LogP contribution in [0.2, 0.25) is 5.02 Å². The van der Waals surface area contributed by atoms with Gasteiger partial charge in [-0.05, 0) is 55.9 Å². The van der Waals surface area contributed by atoms with Crippen molar-refractivity contribution in [3.8, 4) is 16.9 Å². The SMILES string of the molecule is CCN(CC)CCN(/C=C1\C(=O)Nc2ccc(OC)cc21)C(=O)c1c(-c2ccc(Cl)cc2)c[nH]c1C. The number of anilines is 1. The number of aryl methyl sites for hydroxylation is 1. The van der Waals surface area contributed by atoms with E-state index in [1.807, 2.05) is 37.4 Å². The van der Waals surface area contributed by atoms with Crippen molar-refractivity contribution < 1.29 is 14.3 Å². The molecule has 0 aliphatic carbocycles. The number of aromatic amines is 1. The highest BCUT2D eigenvalue weighted by Gasteiger charge is 2.28. The van der Waals surface area contributed by atoms with Crippen LogP contribution in [-0.4, -0.2) is 59.9 Å². The minimum Gasteiger partial charge on any atom is -0.497 e. The maximum absolute atomic E-state index is 14.1. The molecule has 7 nitrogen and oxygen atoms in total. The summed E-state index contributed by atoms with van der Waals surface area (Å²) < 4.78 is 5.36. The van der Waals surface area contributed by atoms with Crippen molar-refractivity contribution in [3.05, 3.63) is 76.7 Å². The van der Waals surface area contributed by atoms with Crippen LogP contribution in [-0.2, 0) is 4.79 Å². The van der Waals surface area contributed by atoms with Gasteiger partial charge in [0.25, 0.3) is 11.8 Å². The van der Waals surface area contributed by atoms with E-state index in [0.29, 0.717) is 46.2 Å². The number of nitrogens with one attached hydrogen (secondary N) is 2. The molecule has 2 amide bonds. The highest BCUT2D eigenvalue weighted by atomic mass is 35.5. The molecule has 3 aromatic rings. The van der Waals surface area contributed by atoms with E-state index in [1.54, 1.807) is 36.4 Å².